The van der Waals surface area contributed by atoms with E-state index in [1.807, 2.05) is 30.3 Å². The predicted molar refractivity (Wildman–Crippen MR) is 128 cm³/mol. The van der Waals surface area contributed by atoms with Crippen LogP contribution in [0.2, 0.25) is 0 Å². The van der Waals surface area contributed by atoms with Gasteiger partial charge in [0.05, 0.1) is 12.9 Å². The van der Waals surface area contributed by atoms with Crippen molar-refractivity contribution in [3.05, 3.63) is 59.2 Å². The van der Waals surface area contributed by atoms with E-state index < -0.39 is 10.1 Å². The molecular weight excluding hydrogens is 426 g/mol. The molecule has 0 aliphatic carbocycles. The van der Waals surface area contributed by atoms with Gasteiger partial charge in [0, 0.05) is 18.7 Å². The summed E-state index contributed by atoms with van der Waals surface area (Å²) in [7, 11) is -2.25. The maximum absolute atomic E-state index is 13.3. The van der Waals surface area contributed by atoms with Crippen LogP contribution in [0.15, 0.2) is 42.5 Å². The van der Waals surface area contributed by atoms with Gasteiger partial charge >= 0.3 is 10.1 Å². The molecule has 2 aromatic carbocycles. The summed E-state index contributed by atoms with van der Waals surface area (Å²) >= 11 is 0. The molecule has 6 nitrogen and oxygen atoms in total. The van der Waals surface area contributed by atoms with Gasteiger partial charge in [0.25, 0.3) is 5.91 Å². The van der Waals surface area contributed by atoms with Crippen molar-refractivity contribution >= 4 is 16.0 Å². The van der Waals surface area contributed by atoms with Crippen molar-refractivity contribution in [3.8, 4) is 11.5 Å². The summed E-state index contributed by atoms with van der Waals surface area (Å²) in [4.78, 5) is 15.1. The van der Waals surface area contributed by atoms with Crippen LogP contribution in [0.1, 0.15) is 63.0 Å². The summed E-state index contributed by atoms with van der Waals surface area (Å²) in [6.07, 6.45) is 0. The van der Waals surface area contributed by atoms with Gasteiger partial charge in [0.15, 0.2) is 11.5 Å². The molecule has 2 aromatic rings. The van der Waals surface area contributed by atoms with Gasteiger partial charge in [-0.05, 0) is 53.6 Å². The van der Waals surface area contributed by atoms with Gasteiger partial charge in [-0.25, -0.2) is 0 Å². The Bertz CT molecular complexity index is 1020. The van der Waals surface area contributed by atoms with Crippen molar-refractivity contribution in [1.82, 2.24) is 4.90 Å². The van der Waals surface area contributed by atoms with Crippen molar-refractivity contribution in [3.63, 3.8) is 0 Å². The van der Waals surface area contributed by atoms with Crippen molar-refractivity contribution in [2.24, 2.45) is 5.92 Å². The van der Waals surface area contributed by atoms with Gasteiger partial charge in [0.2, 0.25) is 0 Å². The zero-order chi connectivity index (χ0) is 24.1. The number of amides is 1. The molecule has 0 heterocycles. The molecule has 0 spiro atoms. The van der Waals surface area contributed by atoms with E-state index in [1.54, 1.807) is 17.0 Å². The summed E-state index contributed by atoms with van der Waals surface area (Å²) in [6, 6.07) is 12.8. The number of hydrogen-bond donors (Lipinski definition) is 0. The number of carbonyl (C=O) groups excluding carboxylic acids is 1. The molecule has 0 bridgehead atoms. The fraction of sp³-hybridized carbons (Fsp3) is 0.480. The average molecular weight is 462 g/mol. The molecule has 176 valence electrons. The number of ether oxygens (including phenoxy) is 1. The zero-order valence-electron chi connectivity index (χ0n) is 20.1. The van der Waals surface area contributed by atoms with Crippen molar-refractivity contribution in [2.75, 3.05) is 19.4 Å². The smallest absolute Gasteiger partial charge is 0.309 e. The van der Waals surface area contributed by atoms with E-state index in [-0.39, 0.29) is 28.7 Å². The lowest BCUT2D eigenvalue weighted by Gasteiger charge is -2.26. The average Bonchev–Trinajstić information content (AvgIpc) is 2.72. The molecular formula is C25H35NO5S. The highest BCUT2D eigenvalue weighted by Crippen LogP contribution is 2.30. The Hall–Kier alpha value is -2.54. The van der Waals surface area contributed by atoms with Crippen LogP contribution in [0.5, 0.6) is 11.5 Å². The number of carbonyl (C=O) groups is 1. The standard InChI is InChI=1S/C25H35NO5S/c1-8-32(28,29)31-23-15-19(9-14-22(23)30-7)17-26(16-18(2)3)24(27)20-10-12-21(13-11-20)25(4,5)6/h9-15,18H,8,16-17H2,1-7H3. The maximum Gasteiger partial charge on any atom is 0.309 e. The van der Waals surface area contributed by atoms with E-state index in [0.29, 0.717) is 24.4 Å². The molecule has 0 aliphatic heterocycles. The molecule has 7 heteroatoms. The SMILES string of the molecule is CCS(=O)(=O)Oc1cc(CN(CC(C)C)C(=O)c2ccc(C(C)(C)C)cc2)ccc1OC. The van der Waals surface area contributed by atoms with Gasteiger partial charge < -0.3 is 13.8 Å². The van der Waals surface area contributed by atoms with Gasteiger partial charge in [-0.15, -0.1) is 0 Å². The second-order valence-electron chi connectivity index (χ2n) is 9.32. The fourth-order valence-electron chi connectivity index (χ4n) is 3.26. The van der Waals surface area contributed by atoms with Gasteiger partial charge in [-0.2, -0.15) is 8.42 Å². The fourth-order valence-corrected chi connectivity index (χ4v) is 3.78. The van der Waals surface area contributed by atoms with E-state index in [1.165, 1.54) is 19.6 Å². The van der Waals surface area contributed by atoms with E-state index in [2.05, 4.69) is 34.6 Å². The Morgan fingerprint density at radius 3 is 2.16 bits per heavy atom. The first-order valence-electron chi connectivity index (χ1n) is 10.8. The first-order valence-corrected chi connectivity index (χ1v) is 12.4. The third-order valence-electron chi connectivity index (χ3n) is 5.04. The molecule has 0 saturated heterocycles. The lowest BCUT2D eigenvalue weighted by atomic mass is 9.86. The minimum absolute atomic E-state index is 0.0114. The third kappa shape index (κ3) is 6.99. The summed E-state index contributed by atoms with van der Waals surface area (Å²) in [5.74, 6) is 0.493. The lowest BCUT2D eigenvalue weighted by Crippen LogP contribution is -2.33. The van der Waals surface area contributed by atoms with E-state index in [9.17, 15) is 13.2 Å². The van der Waals surface area contributed by atoms with Crippen LogP contribution in [0.4, 0.5) is 0 Å². The highest BCUT2D eigenvalue weighted by molar-refractivity contribution is 7.87. The Balaban J connectivity index is 2.33. The van der Waals surface area contributed by atoms with E-state index >= 15 is 0 Å². The van der Waals surface area contributed by atoms with Crippen LogP contribution in [-0.2, 0) is 22.1 Å². The van der Waals surface area contributed by atoms with Gasteiger partial charge in [-0.3, -0.25) is 4.79 Å². The highest BCUT2D eigenvalue weighted by atomic mass is 32.2. The number of hydrogen-bond acceptors (Lipinski definition) is 5. The number of rotatable bonds is 9. The molecule has 0 aliphatic rings. The highest BCUT2D eigenvalue weighted by Gasteiger charge is 2.21. The monoisotopic (exact) mass is 461 g/mol. The molecule has 0 unspecified atom stereocenters. The van der Waals surface area contributed by atoms with E-state index in [0.717, 1.165) is 5.56 Å². The summed E-state index contributed by atoms with van der Waals surface area (Å²) in [6.45, 7) is 12.9. The van der Waals surface area contributed by atoms with Gasteiger partial charge in [-0.1, -0.05) is 52.8 Å². The first kappa shape index (κ1) is 25.7. The lowest BCUT2D eigenvalue weighted by molar-refractivity contribution is 0.0722. The minimum Gasteiger partial charge on any atom is -0.493 e. The Kier molecular flexibility index (Phi) is 8.35. The van der Waals surface area contributed by atoms with Crippen LogP contribution in [-0.4, -0.2) is 38.6 Å². The summed E-state index contributed by atoms with van der Waals surface area (Å²) < 4.78 is 34.4. The molecule has 32 heavy (non-hydrogen) atoms. The largest absolute Gasteiger partial charge is 0.493 e. The molecule has 0 fully saturated rings. The third-order valence-corrected chi connectivity index (χ3v) is 6.18. The predicted octanol–water partition coefficient (Wildman–Crippen LogP) is 5.02. The van der Waals surface area contributed by atoms with Crippen LogP contribution in [0.25, 0.3) is 0 Å². The van der Waals surface area contributed by atoms with Crippen LogP contribution in [0, 0.1) is 5.92 Å². The van der Waals surface area contributed by atoms with Crippen molar-refractivity contribution in [1.29, 1.82) is 0 Å². The Morgan fingerprint density at radius 2 is 1.66 bits per heavy atom. The zero-order valence-corrected chi connectivity index (χ0v) is 21.0. The minimum atomic E-state index is -3.71. The van der Waals surface area contributed by atoms with Crippen molar-refractivity contribution in [2.45, 2.75) is 53.5 Å². The second-order valence-corrected chi connectivity index (χ2v) is 11.2. The molecule has 2 rings (SSSR count). The molecule has 0 aromatic heterocycles. The quantitative estimate of drug-likeness (QED) is 0.490. The molecule has 0 radical (unpaired) electrons. The maximum atomic E-state index is 13.3. The Morgan fingerprint density at radius 1 is 1.03 bits per heavy atom. The van der Waals surface area contributed by atoms with Crippen LogP contribution >= 0.6 is 0 Å². The molecule has 0 atom stereocenters. The normalized spacial score (nSPS) is 12.0. The Labute approximate surface area is 192 Å². The summed E-state index contributed by atoms with van der Waals surface area (Å²) in [5, 5.41) is 0. The van der Waals surface area contributed by atoms with Crippen LogP contribution < -0.4 is 8.92 Å². The number of methoxy groups -OCH3 is 1. The first-order chi connectivity index (χ1) is 14.9. The molecule has 0 N–H and O–H groups in total. The van der Waals surface area contributed by atoms with Gasteiger partial charge in [0.1, 0.15) is 0 Å². The van der Waals surface area contributed by atoms with Crippen molar-refractivity contribution < 1.29 is 22.1 Å². The van der Waals surface area contributed by atoms with E-state index in [4.69, 9.17) is 8.92 Å². The topological polar surface area (TPSA) is 72.9 Å². The van der Waals surface area contributed by atoms with Crippen LogP contribution in [0.3, 0.4) is 0 Å². The second kappa shape index (κ2) is 10.4. The number of nitrogens with zero attached hydrogens (tertiary/aromatic N) is 1. The molecule has 0 saturated carbocycles. The summed E-state index contributed by atoms with van der Waals surface area (Å²) in [5.41, 5.74) is 2.56. The number of benzene rings is 2. The molecule has 1 amide bonds.